The Morgan fingerprint density at radius 1 is 1.09 bits per heavy atom. The molecule has 5 nitrogen and oxygen atoms in total. The molecular weight excluding hydrogens is 290 g/mol. The van der Waals surface area contributed by atoms with Gasteiger partial charge in [0.15, 0.2) is 0 Å². The van der Waals surface area contributed by atoms with Crippen LogP contribution in [0.3, 0.4) is 0 Å². The summed E-state index contributed by atoms with van der Waals surface area (Å²) in [7, 11) is 1.98. The number of amides is 2. The first kappa shape index (κ1) is 18.2. The van der Waals surface area contributed by atoms with Gasteiger partial charge < -0.3 is 15.5 Å². The van der Waals surface area contributed by atoms with Gasteiger partial charge in [-0.05, 0) is 52.1 Å². The van der Waals surface area contributed by atoms with Gasteiger partial charge in [0.1, 0.15) is 0 Å². The van der Waals surface area contributed by atoms with Gasteiger partial charge in [-0.3, -0.25) is 9.59 Å². The van der Waals surface area contributed by atoms with E-state index in [1.807, 2.05) is 18.9 Å². The van der Waals surface area contributed by atoms with Crippen LogP contribution in [0.2, 0.25) is 0 Å². The maximum atomic E-state index is 12.4. The topological polar surface area (TPSA) is 61.4 Å². The van der Waals surface area contributed by atoms with E-state index in [-0.39, 0.29) is 23.8 Å². The summed E-state index contributed by atoms with van der Waals surface area (Å²) in [6.07, 6.45) is 8.16. The van der Waals surface area contributed by atoms with E-state index in [9.17, 15) is 9.59 Å². The summed E-state index contributed by atoms with van der Waals surface area (Å²) in [5, 5.41) is 6.27. The second kappa shape index (κ2) is 9.26. The van der Waals surface area contributed by atoms with E-state index in [0.717, 1.165) is 58.2 Å². The van der Waals surface area contributed by atoms with Gasteiger partial charge in [-0.2, -0.15) is 0 Å². The Balaban J connectivity index is 1.69. The monoisotopic (exact) mass is 323 g/mol. The SMILES string of the molecule is CNCC1CCN(C(=O)CC(C)NC(=O)C2CCCCC2)CC1. The van der Waals surface area contributed by atoms with Crippen molar-refractivity contribution in [3.8, 4) is 0 Å². The molecule has 0 radical (unpaired) electrons. The molecule has 2 fully saturated rings. The Morgan fingerprint density at radius 2 is 1.74 bits per heavy atom. The predicted octanol–water partition coefficient (Wildman–Crippen LogP) is 1.92. The summed E-state index contributed by atoms with van der Waals surface area (Å²) < 4.78 is 0. The molecule has 0 aromatic heterocycles. The molecule has 1 atom stereocenters. The van der Waals surface area contributed by atoms with Crippen molar-refractivity contribution in [3.63, 3.8) is 0 Å². The largest absolute Gasteiger partial charge is 0.353 e. The number of likely N-dealkylation sites (tertiary alicyclic amines) is 1. The summed E-state index contributed by atoms with van der Waals surface area (Å²) in [6, 6.07) is -0.0630. The molecule has 23 heavy (non-hydrogen) atoms. The van der Waals surface area contributed by atoms with Crippen molar-refractivity contribution < 1.29 is 9.59 Å². The molecule has 1 aliphatic carbocycles. The van der Waals surface area contributed by atoms with Crippen molar-refractivity contribution in [2.24, 2.45) is 11.8 Å². The Hall–Kier alpha value is -1.10. The molecule has 2 N–H and O–H groups in total. The highest BCUT2D eigenvalue weighted by atomic mass is 16.2. The van der Waals surface area contributed by atoms with Crippen LogP contribution >= 0.6 is 0 Å². The molecule has 1 saturated carbocycles. The van der Waals surface area contributed by atoms with Crippen molar-refractivity contribution in [1.29, 1.82) is 0 Å². The molecule has 1 unspecified atom stereocenters. The minimum absolute atomic E-state index is 0.0630. The van der Waals surface area contributed by atoms with Crippen LogP contribution < -0.4 is 10.6 Å². The minimum Gasteiger partial charge on any atom is -0.353 e. The van der Waals surface area contributed by atoms with Gasteiger partial charge in [0.25, 0.3) is 0 Å². The summed E-state index contributed by atoms with van der Waals surface area (Å²) in [4.78, 5) is 26.6. The average molecular weight is 323 g/mol. The van der Waals surface area contributed by atoms with Crippen molar-refractivity contribution in [2.75, 3.05) is 26.7 Å². The van der Waals surface area contributed by atoms with Crippen molar-refractivity contribution >= 4 is 11.8 Å². The van der Waals surface area contributed by atoms with Crippen LogP contribution in [0.15, 0.2) is 0 Å². The molecule has 0 aromatic carbocycles. The molecule has 0 aromatic rings. The van der Waals surface area contributed by atoms with E-state index in [1.165, 1.54) is 6.42 Å². The zero-order valence-corrected chi connectivity index (χ0v) is 14.8. The maximum Gasteiger partial charge on any atom is 0.224 e. The third-order valence-corrected chi connectivity index (χ3v) is 5.31. The van der Waals surface area contributed by atoms with Gasteiger partial charge in [-0.25, -0.2) is 0 Å². The number of nitrogens with one attached hydrogen (secondary N) is 2. The summed E-state index contributed by atoms with van der Waals surface area (Å²) in [5.74, 6) is 1.19. The lowest BCUT2D eigenvalue weighted by molar-refractivity contribution is -0.133. The van der Waals surface area contributed by atoms with Gasteiger partial charge in [0, 0.05) is 31.5 Å². The molecule has 1 heterocycles. The van der Waals surface area contributed by atoms with Crippen LogP contribution in [-0.2, 0) is 9.59 Å². The Labute approximate surface area is 140 Å². The number of nitrogens with zero attached hydrogens (tertiary/aromatic N) is 1. The highest BCUT2D eigenvalue weighted by Crippen LogP contribution is 2.24. The molecule has 5 heteroatoms. The lowest BCUT2D eigenvalue weighted by Crippen LogP contribution is -2.44. The van der Waals surface area contributed by atoms with Crippen LogP contribution in [0.1, 0.15) is 58.3 Å². The van der Waals surface area contributed by atoms with Gasteiger partial charge in [0.05, 0.1) is 0 Å². The normalized spacial score (nSPS) is 21.9. The third kappa shape index (κ3) is 5.79. The molecular formula is C18H33N3O2. The lowest BCUT2D eigenvalue weighted by atomic mass is 9.88. The number of carbonyl (C=O) groups excluding carboxylic acids is 2. The van der Waals surface area contributed by atoms with Crippen molar-refractivity contribution in [2.45, 2.75) is 64.3 Å². The van der Waals surface area contributed by atoms with Gasteiger partial charge >= 0.3 is 0 Å². The molecule has 1 aliphatic heterocycles. The van der Waals surface area contributed by atoms with Gasteiger partial charge in [-0.1, -0.05) is 19.3 Å². The van der Waals surface area contributed by atoms with Gasteiger partial charge in [-0.15, -0.1) is 0 Å². The van der Waals surface area contributed by atoms with Crippen LogP contribution in [0.4, 0.5) is 0 Å². The van der Waals surface area contributed by atoms with Gasteiger partial charge in [0.2, 0.25) is 11.8 Å². The first-order valence-corrected chi connectivity index (χ1v) is 9.33. The second-order valence-electron chi connectivity index (χ2n) is 7.33. The van der Waals surface area contributed by atoms with E-state index in [1.54, 1.807) is 0 Å². The average Bonchev–Trinajstić information content (AvgIpc) is 2.56. The van der Waals surface area contributed by atoms with E-state index in [4.69, 9.17) is 0 Å². The van der Waals surface area contributed by atoms with Crippen LogP contribution in [0, 0.1) is 11.8 Å². The summed E-state index contributed by atoms with van der Waals surface area (Å²) in [5.41, 5.74) is 0. The molecule has 2 rings (SSSR count). The lowest BCUT2D eigenvalue weighted by Gasteiger charge is -2.33. The number of rotatable bonds is 6. The molecule has 2 aliphatic rings. The summed E-state index contributed by atoms with van der Waals surface area (Å²) >= 11 is 0. The highest BCUT2D eigenvalue weighted by Gasteiger charge is 2.26. The third-order valence-electron chi connectivity index (χ3n) is 5.31. The van der Waals surface area contributed by atoms with E-state index in [0.29, 0.717) is 12.3 Å². The minimum atomic E-state index is -0.0630. The summed E-state index contributed by atoms with van der Waals surface area (Å²) in [6.45, 7) is 4.70. The number of hydrogen-bond acceptors (Lipinski definition) is 3. The zero-order chi connectivity index (χ0) is 16.7. The van der Waals surface area contributed by atoms with Crippen LogP contribution in [-0.4, -0.2) is 49.4 Å². The first-order chi connectivity index (χ1) is 11.1. The van der Waals surface area contributed by atoms with E-state index >= 15 is 0 Å². The quantitative estimate of drug-likeness (QED) is 0.785. The molecule has 1 saturated heterocycles. The highest BCUT2D eigenvalue weighted by molar-refractivity contribution is 5.81. The standard InChI is InChI=1S/C18H33N3O2/c1-14(20-18(23)16-6-4-3-5-7-16)12-17(22)21-10-8-15(9-11-21)13-19-2/h14-16,19H,3-13H2,1-2H3,(H,20,23). The fraction of sp³-hybridized carbons (Fsp3) is 0.889. The number of piperidine rings is 1. The van der Waals surface area contributed by atoms with Crippen LogP contribution in [0.5, 0.6) is 0 Å². The smallest absolute Gasteiger partial charge is 0.224 e. The maximum absolute atomic E-state index is 12.4. The Morgan fingerprint density at radius 3 is 2.35 bits per heavy atom. The van der Waals surface area contributed by atoms with E-state index in [2.05, 4.69) is 10.6 Å². The molecule has 132 valence electrons. The molecule has 0 spiro atoms. The Kier molecular flexibility index (Phi) is 7.34. The van der Waals surface area contributed by atoms with Crippen molar-refractivity contribution in [1.82, 2.24) is 15.5 Å². The van der Waals surface area contributed by atoms with Crippen LogP contribution in [0.25, 0.3) is 0 Å². The molecule has 2 amide bonds. The van der Waals surface area contributed by atoms with E-state index < -0.39 is 0 Å². The second-order valence-corrected chi connectivity index (χ2v) is 7.33. The fourth-order valence-electron chi connectivity index (χ4n) is 3.84. The zero-order valence-electron chi connectivity index (χ0n) is 14.8. The molecule has 0 bridgehead atoms. The fourth-order valence-corrected chi connectivity index (χ4v) is 3.84. The number of hydrogen-bond donors (Lipinski definition) is 2. The Bertz CT molecular complexity index is 386. The number of carbonyl (C=O) groups is 2. The van der Waals surface area contributed by atoms with Crippen molar-refractivity contribution in [3.05, 3.63) is 0 Å². The first-order valence-electron chi connectivity index (χ1n) is 9.33. The predicted molar refractivity (Wildman–Crippen MR) is 92.0 cm³/mol.